The Hall–Kier alpha value is -5.97. The molecule has 1 aromatic heterocycles. The molecule has 11 heteroatoms. The SMILES string of the molecule is COc1cc2nccc(Oc3ccc(NC(=O)NC(=O)Nc4ccccc4Oc4ccccc4)c(O)c3)c2cc1OC. The van der Waals surface area contributed by atoms with Crippen molar-refractivity contribution in [3.05, 3.63) is 97.2 Å². The number of anilines is 2. The van der Waals surface area contributed by atoms with Crippen LogP contribution >= 0.6 is 0 Å². The molecule has 4 aromatic carbocycles. The van der Waals surface area contributed by atoms with E-state index in [2.05, 4.69) is 20.9 Å². The Kier molecular flexibility index (Phi) is 8.19. The molecule has 0 fully saturated rings. The predicted octanol–water partition coefficient (Wildman–Crippen LogP) is 6.90. The molecular weight excluding hydrogens is 540 g/mol. The number of hydrogen-bond donors (Lipinski definition) is 4. The smallest absolute Gasteiger partial charge is 0.327 e. The second kappa shape index (κ2) is 12.5. The van der Waals surface area contributed by atoms with Crippen molar-refractivity contribution in [3.63, 3.8) is 0 Å². The first-order valence-corrected chi connectivity index (χ1v) is 12.7. The molecule has 42 heavy (non-hydrogen) atoms. The Morgan fingerprint density at radius 1 is 0.667 bits per heavy atom. The molecule has 0 radical (unpaired) electrons. The number of para-hydroxylation sites is 3. The highest BCUT2D eigenvalue weighted by Gasteiger charge is 2.15. The van der Waals surface area contributed by atoms with Gasteiger partial charge in [-0.3, -0.25) is 10.3 Å². The zero-order valence-corrected chi connectivity index (χ0v) is 22.6. The molecule has 5 aromatic rings. The highest BCUT2D eigenvalue weighted by Crippen LogP contribution is 2.38. The van der Waals surface area contributed by atoms with Gasteiger partial charge < -0.3 is 34.7 Å². The molecule has 0 saturated carbocycles. The molecule has 0 atom stereocenters. The summed E-state index contributed by atoms with van der Waals surface area (Å²) in [7, 11) is 3.07. The number of imide groups is 1. The summed E-state index contributed by atoms with van der Waals surface area (Å²) in [4.78, 5) is 29.3. The van der Waals surface area contributed by atoms with Crippen LogP contribution < -0.4 is 34.9 Å². The van der Waals surface area contributed by atoms with Crippen LogP contribution in [-0.4, -0.2) is 36.4 Å². The Balaban J connectivity index is 1.23. The molecule has 5 rings (SSSR count). The van der Waals surface area contributed by atoms with E-state index in [1.807, 2.05) is 18.2 Å². The maximum Gasteiger partial charge on any atom is 0.327 e. The average molecular weight is 567 g/mol. The minimum Gasteiger partial charge on any atom is -0.506 e. The van der Waals surface area contributed by atoms with Crippen LogP contribution in [0.5, 0.6) is 40.2 Å². The molecule has 0 bridgehead atoms. The Morgan fingerprint density at radius 2 is 1.33 bits per heavy atom. The first-order chi connectivity index (χ1) is 20.4. The van der Waals surface area contributed by atoms with Gasteiger partial charge in [-0.1, -0.05) is 30.3 Å². The van der Waals surface area contributed by atoms with Crippen molar-refractivity contribution in [2.45, 2.75) is 0 Å². The highest BCUT2D eigenvalue weighted by atomic mass is 16.5. The number of nitrogens with zero attached hydrogens (tertiary/aromatic N) is 1. The van der Waals surface area contributed by atoms with Crippen LogP contribution in [-0.2, 0) is 0 Å². The Bertz CT molecular complexity index is 1750. The van der Waals surface area contributed by atoms with Gasteiger partial charge in [-0.25, -0.2) is 9.59 Å². The number of carbonyl (C=O) groups excluding carboxylic acids is 2. The van der Waals surface area contributed by atoms with Gasteiger partial charge in [-0.05, 0) is 48.5 Å². The number of nitrogens with one attached hydrogen (secondary N) is 3. The molecule has 0 saturated heterocycles. The van der Waals surface area contributed by atoms with Crippen molar-refractivity contribution < 1.29 is 33.6 Å². The third kappa shape index (κ3) is 6.42. The number of methoxy groups -OCH3 is 2. The summed E-state index contributed by atoms with van der Waals surface area (Å²) in [6, 6.07) is 23.7. The van der Waals surface area contributed by atoms with Gasteiger partial charge in [0.1, 0.15) is 23.0 Å². The Labute approximate surface area is 240 Å². The number of carbonyl (C=O) groups is 2. The maximum absolute atomic E-state index is 12.5. The van der Waals surface area contributed by atoms with Crippen molar-refractivity contribution in [1.29, 1.82) is 0 Å². The molecule has 11 nitrogen and oxygen atoms in total. The normalized spacial score (nSPS) is 10.4. The zero-order valence-electron chi connectivity index (χ0n) is 22.6. The predicted molar refractivity (Wildman–Crippen MR) is 157 cm³/mol. The van der Waals surface area contributed by atoms with E-state index < -0.39 is 12.1 Å². The molecule has 212 valence electrons. The van der Waals surface area contributed by atoms with Gasteiger partial charge in [0.25, 0.3) is 0 Å². The first-order valence-electron chi connectivity index (χ1n) is 12.7. The van der Waals surface area contributed by atoms with Crippen LogP contribution in [0, 0.1) is 0 Å². The molecule has 1 heterocycles. The summed E-state index contributed by atoms with van der Waals surface area (Å²) in [6.45, 7) is 0. The molecule has 0 spiro atoms. The van der Waals surface area contributed by atoms with Crippen LogP contribution in [0.15, 0.2) is 97.2 Å². The molecule has 0 aliphatic heterocycles. The van der Waals surface area contributed by atoms with E-state index in [1.54, 1.807) is 66.9 Å². The van der Waals surface area contributed by atoms with E-state index in [-0.39, 0.29) is 11.4 Å². The average Bonchev–Trinajstić information content (AvgIpc) is 2.99. The van der Waals surface area contributed by atoms with Gasteiger partial charge in [-0.2, -0.15) is 0 Å². The summed E-state index contributed by atoms with van der Waals surface area (Å²) in [5, 5.41) is 18.4. The van der Waals surface area contributed by atoms with E-state index in [0.29, 0.717) is 51.1 Å². The molecule has 0 aliphatic carbocycles. The lowest BCUT2D eigenvalue weighted by Crippen LogP contribution is -2.37. The number of pyridine rings is 1. The van der Waals surface area contributed by atoms with Crippen LogP contribution in [0.4, 0.5) is 21.0 Å². The van der Waals surface area contributed by atoms with Gasteiger partial charge in [-0.15, -0.1) is 0 Å². The fourth-order valence-electron chi connectivity index (χ4n) is 4.03. The molecule has 0 aliphatic rings. The minimum absolute atomic E-state index is 0.0615. The second-order valence-electron chi connectivity index (χ2n) is 8.76. The van der Waals surface area contributed by atoms with Crippen molar-refractivity contribution in [2.24, 2.45) is 0 Å². The number of amides is 4. The summed E-state index contributed by atoms with van der Waals surface area (Å²) in [6.07, 6.45) is 1.58. The minimum atomic E-state index is -0.862. The Morgan fingerprint density at radius 3 is 2.07 bits per heavy atom. The summed E-state index contributed by atoms with van der Waals surface area (Å²) in [5.74, 6) is 2.51. The van der Waals surface area contributed by atoms with Gasteiger partial charge in [0.2, 0.25) is 0 Å². The topological polar surface area (TPSA) is 140 Å². The maximum atomic E-state index is 12.5. The van der Waals surface area contributed by atoms with Crippen molar-refractivity contribution in [1.82, 2.24) is 10.3 Å². The third-order valence-corrected chi connectivity index (χ3v) is 5.99. The number of urea groups is 2. The zero-order chi connectivity index (χ0) is 29.5. The van der Waals surface area contributed by atoms with Crippen LogP contribution in [0.25, 0.3) is 10.9 Å². The molecule has 0 unspecified atom stereocenters. The number of fused-ring (bicyclic) bond motifs is 1. The highest BCUT2D eigenvalue weighted by molar-refractivity contribution is 6.06. The number of phenolic OH excluding ortho intramolecular Hbond substituents is 1. The van der Waals surface area contributed by atoms with Gasteiger partial charge in [0.15, 0.2) is 17.2 Å². The molecule has 4 amide bonds. The van der Waals surface area contributed by atoms with Crippen LogP contribution in [0.1, 0.15) is 0 Å². The van der Waals surface area contributed by atoms with Crippen molar-refractivity contribution in [2.75, 3.05) is 24.9 Å². The monoisotopic (exact) mass is 566 g/mol. The molecular formula is C31H26N4O7. The number of hydrogen-bond acceptors (Lipinski definition) is 8. The van der Waals surface area contributed by atoms with Crippen LogP contribution in [0.3, 0.4) is 0 Å². The lowest BCUT2D eigenvalue weighted by atomic mass is 10.2. The largest absolute Gasteiger partial charge is 0.506 e. The number of aromatic hydroxyl groups is 1. The quantitative estimate of drug-likeness (QED) is 0.149. The van der Waals surface area contributed by atoms with Gasteiger partial charge in [0.05, 0.1) is 31.1 Å². The lowest BCUT2D eigenvalue weighted by Gasteiger charge is -2.14. The summed E-state index contributed by atoms with van der Waals surface area (Å²) in [5.41, 5.74) is 1.04. The molecule has 4 N–H and O–H groups in total. The van der Waals surface area contributed by atoms with Gasteiger partial charge in [0, 0.05) is 23.7 Å². The van der Waals surface area contributed by atoms with E-state index in [9.17, 15) is 14.7 Å². The summed E-state index contributed by atoms with van der Waals surface area (Å²) >= 11 is 0. The summed E-state index contributed by atoms with van der Waals surface area (Å²) < 4.78 is 22.5. The van der Waals surface area contributed by atoms with E-state index >= 15 is 0 Å². The van der Waals surface area contributed by atoms with Crippen molar-refractivity contribution >= 4 is 34.3 Å². The van der Waals surface area contributed by atoms with Crippen LogP contribution in [0.2, 0.25) is 0 Å². The standard InChI is InChI=1S/C31H26N4O7/c1-39-28-17-21-24(18-29(28)40-2)32-15-14-26(21)42-20-12-13-22(25(36)16-20)33-30(37)35-31(38)34-23-10-6-7-11-27(23)41-19-8-4-3-5-9-19/h3-18,36H,1-2H3,(H3,33,34,35,37,38). The van der Waals surface area contributed by atoms with Crippen molar-refractivity contribution in [3.8, 4) is 40.2 Å². The number of phenols is 1. The third-order valence-electron chi connectivity index (χ3n) is 5.99. The number of rotatable bonds is 8. The fraction of sp³-hybridized carbons (Fsp3) is 0.0645. The van der Waals surface area contributed by atoms with E-state index in [0.717, 1.165) is 0 Å². The van der Waals surface area contributed by atoms with E-state index in [1.165, 1.54) is 26.4 Å². The number of benzene rings is 4. The number of ether oxygens (including phenoxy) is 4. The second-order valence-corrected chi connectivity index (χ2v) is 8.76. The van der Waals surface area contributed by atoms with E-state index in [4.69, 9.17) is 18.9 Å². The number of aromatic nitrogens is 1. The fourth-order valence-corrected chi connectivity index (χ4v) is 4.03. The first kappa shape index (κ1) is 27.6. The lowest BCUT2D eigenvalue weighted by molar-refractivity contribution is 0.240. The van der Waals surface area contributed by atoms with Gasteiger partial charge >= 0.3 is 12.1 Å².